The van der Waals surface area contributed by atoms with Crippen molar-refractivity contribution < 1.29 is 9.22 Å². The van der Waals surface area contributed by atoms with E-state index in [1.165, 1.54) is 19.3 Å². The van der Waals surface area contributed by atoms with E-state index in [9.17, 15) is 4.79 Å². The second-order valence-corrected chi connectivity index (χ2v) is 10.1. The lowest BCUT2D eigenvalue weighted by molar-refractivity contribution is -0.126. The van der Waals surface area contributed by atoms with Crippen LogP contribution in [0.3, 0.4) is 0 Å². The van der Waals surface area contributed by atoms with Crippen molar-refractivity contribution in [1.82, 2.24) is 0 Å². The first-order valence-corrected chi connectivity index (χ1v) is 9.87. The Morgan fingerprint density at radius 3 is 2.06 bits per heavy atom. The highest BCUT2D eigenvalue weighted by Crippen LogP contribution is 2.26. The quantitative estimate of drug-likeness (QED) is 0.639. The summed E-state index contributed by atoms with van der Waals surface area (Å²) >= 11 is 0. The van der Waals surface area contributed by atoms with Crippen LogP contribution >= 0.6 is 0 Å². The maximum atomic E-state index is 12.1. The van der Waals surface area contributed by atoms with Crippen LogP contribution in [0.25, 0.3) is 0 Å². The summed E-state index contributed by atoms with van der Waals surface area (Å²) in [5.74, 6) is 0.679. The molecule has 1 fully saturated rings. The van der Waals surface area contributed by atoms with E-state index >= 15 is 0 Å². The van der Waals surface area contributed by atoms with Crippen molar-refractivity contribution in [2.75, 3.05) is 6.61 Å². The average Bonchev–Trinajstić information content (AvgIpc) is 2.41. The van der Waals surface area contributed by atoms with Crippen molar-refractivity contribution in [2.24, 2.45) is 5.92 Å². The molecule has 0 radical (unpaired) electrons. The van der Waals surface area contributed by atoms with Gasteiger partial charge in [0.05, 0.1) is 6.61 Å². The highest BCUT2D eigenvalue weighted by molar-refractivity contribution is 6.73. The summed E-state index contributed by atoms with van der Waals surface area (Å²) in [5.41, 5.74) is 0. The molecule has 1 rings (SSSR count). The summed E-state index contributed by atoms with van der Waals surface area (Å²) < 4.78 is 6.08. The SMILES string of the molecule is CC[Si](CC)(CC)OCC(=O)C1CCCCC1. The van der Waals surface area contributed by atoms with Gasteiger partial charge in [-0.2, -0.15) is 0 Å². The molecule has 0 aromatic heterocycles. The van der Waals surface area contributed by atoms with E-state index in [0.29, 0.717) is 18.3 Å². The lowest BCUT2D eigenvalue weighted by atomic mass is 9.86. The molecule has 0 N–H and O–H groups in total. The highest BCUT2D eigenvalue weighted by Gasteiger charge is 2.30. The molecule has 0 unspecified atom stereocenters. The van der Waals surface area contributed by atoms with Gasteiger partial charge >= 0.3 is 0 Å². The minimum atomic E-state index is -1.56. The van der Waals surface area contributed by atoms with Gasteiger partial charge in [-0.15, -0.1) is 0 Å². The predicted molar refractivity (Wildman–Crippen MR) is 74.7 cm³/mol. The Hall–Kier alpha value is -0.153. The van der Waals surface area contributed by atoms with Crippen LogP contribution in [0.1, 0.15) is 52.9 Å². The monoisotopic (exact) mass is 256 g/mol. The molecule has 1 aliphatic carbocycles. The first kappa shape index (κ1) is 14.9. The molecule has 1 aliphatic rings. The highest BCUT2D eigenvalue weighted by atomic mass is 28.4. The Balaban J connectivity index is 2.40. The summed E-state index contributed by atoms with van der Waals surface area (Å²) in [7, 11) is -1.56. The Morgan fingerprint density at radius 2 is 1.59 bits per heavy atom. The summed E-state index contributed by atoms with van der Waals surface area (Å²) in [6.07, 6.45) is 5.97. The zero-order valence-corrected chi connectivity index (χ0v) is 12.8. The van der Waals surface area contributed by atoms with E-state index in [-0.39, 0.29) is 0 Å². The lowest BCUT2D eigenvalue weighted by Crippen LogP contribution is -2.38. The maximum Gasteiger partial charge on any atom is 0.192 e. The molecule has 0 amide bonds. The Morgan fingerprint density at radius 1 is 1.06 bits per heavy atom. The molecule has 0 aliphatic heterocycles. The first-order chi connectivity index (χ1) is 8.17. The largest absolute Gasteiger partial charge is 0.410 e. The molecule has 0 atom stereocenters. The fourth-order valence-electron chi connectivity index (χ4n) is 2.82. The Bertz CT molecular complexity index is 222. The van der Waals surface area contributed by atoms with E-state index in [0.717, 1.165) is 31.0 Å². The zero-order chi connectivity index (χ0) is 12.7. The van der Waals surface area contributed by atoms with Crippen LogP contribution in [0.4, 0.5) is 0 Å². The van der Waals surface area contributed by atoms with Gasteiger partial charge in [-0.05, 0) is 31.0 Å². The number of rotatable bonds is 7. The summed E-state index contributed by atoms with van der Waals surface area (Å²) in [6, 6.07) is 3.41. The molecule has 0 spiro atoms. The molecule has 17 heavy (non-hydrogen) atoms. The van der Waals surface area contributed by atoms with Crippen molar-refractivity contribution >= 4 is 14.1 Å². The van der Waals surface area contributed by atoms with Crippen molar-refractivity contribution in [3.05, 3.63) is 0 Å². The normalized spacial score (nSPS) is 18.3. The molecule has 0 aromatic carbocycles. The maximum absolute atomic E-state index is 12.1. The van der Waals surface area contributed by atoms with Crippen LogP contribution in [0.5, 0.6) is 0 Å². The molecular weight excluding hydrogens is 228 g/mol. The molecule has 0 bridgehead atoms. The molecular formula is C14H28O2Si. The summed E-state index contributed by atoms with van der Waals surface area (Å²) in [6.45, 7) is 7.03. The molecule has 0 aromatic rings. The Kier molecular flexibility index (Phi) is 6.42. The minimum Gasteiger partial charge on any atom is -0.410 e. The van der Waals surface area contributed by atoms with E-state index in [4.69, 9.17) is 4.43 Å². The topological polar surface area (TPSA) is 26.3 Å². The van der Waals surface area contributed by atoms with Gasteiger partial charge in [-0.25, -0.2) is 0 Å². The van der Waals surface area contributed by atoms with Gasteiger partial charge in [-0.1, -0.05) is 40.0 Å². The van der Waals surface area contributed by atoms with E-state index in [1.54, 1.807) is 0 Å². The first-order valence-electron chi connectivity index (χ1n) is 7.34. The smallest absolute Gasteiger partial charge is 0.192 e. The number of hydrogen-bond acceptors (Lipinski definition) is 2. The van der Waals surface area contributed by atoms with Crippen molar-refractivity contribution in [3.63, 3.8) is 0 Å². The van der Waals surface area contributed by atoms with Crippen LogP contribution in [0.2, 0.25) is 18.1 Å². The number of carbonyl (C=O) groups is 1. The van der Waals surface area contributed by atoms with Crippen molar-refractivity contribution in [2.45, 2.75) is 71.0 Å². The van der Waals surface area contributed by atoms with E-state index < -0.39 is 8.32 Å². The van der Waals surface area contributed by atoms with Crippen molar-refractivity contribution in [3.8, 4) is 0 Å². The van der Waals surface area contributed by atoms with Crippen LogP contribution < -0.4 is 0 Å². The number of hydrogen-bond donors (Lipinski definition) is 0. The third-order valence-electron chi connectivity index (χ3n) is 4.51. The van der Waals surface area contributed by atoms with Gasteiger partial charge in [0, 0.05) is 5.92 Å². The fraction of sp³-hybridized carbons (Fsp3) is 0.929. The summed E-state index contributed by atoms with van der Waals surface area (Å²) in [5, 5.41) is 0. The van der Waals surface area contributed by atoms with Gasteiger partial charge in [0.1, 0.15) is 0 Å². The molecule has 1 saturated carbocycles. The number of carbonyl (C=O) groups excluding carboxylic acids is 1. The van der Waals surface area contributed by atoms with Crippen LogP contribution in [-0.2, 0) is 9.22 Å². The number of ketones is 1. The lowest BCUT2D eigenvalue weighted by Gasteiger charge is -2.29. The zero-order valence-electron chi connectivity index (χ0n) is 11.8. The minimum absolute atomic E-state index is 0.306. The van der Waals surface area contributed by atoms with Gasteiger partial charge in [-0.3, -0.25) is 4.79 Å². The molecule has 100 valence electrons. The predicted octanol–water partition coefficient (Wildman–Crippen LogP) is 4.16. The van der Waals surface area contributed by atoms with Crippen LogP contribution in [0.15, 0.2) is 0 Å². The molecule has 0 heterocycles. The summed E-state index contributed by atoms with van der Waals surface area (Å²) in [4.78, 5) is 12.1. The second-order valence-electron chi connectivity index (χ2n) is 5.33. The number of Topliss-reactive ketones (excluding diaryl/α,β-unsaturated/α-hetero) is 1. The standard InChI is InChI=1S/C14H28O2Si/c1-4-17(5-2,6-3)16-12-14(15)13-10-8-7-9-11-13/h13H,4-12H2,1-3H3. The van der Waals surface area contributed by atoms with Gasteiger partial charge < -0.3 is 4.43 Å². The van der Waals surface area contributed by atoms with Gasteiger partial charge in [0.2, 0.25) is 0 Å². The Labute approximate surface area is 107 Å². The van der Waals surface area contributed by atoms with Crippen molar-refractivity contribution in [1.29, 1.82) is 0 Å². The van der Waals surface area contributed by atoms with Gasteiger partial charge in [0.15, 0.2) is 14.1 Å². The third-order valence-corrected chi connectivity index (χ3v) is 9.14. The fourth-order valence-corrected chi connectivity index (χ4v) is 5.38. The average molecular weight is 256 g/mol. The molecule has 0 saturated heterocycles. The molecule has 2 nitrogen and oxygen atoms in total. The third kappa shape index (κ3) is 4.22. The second kappa shape index (κ2) is 7.32. The van der Waals surface area contributed by atoms with E-state index in [2.05, 4.69) is 20.8 Å². The van der Waals surface area contributed by atoms with Gasteiger partial charge in [0.25, 0.3) is 0 Å². The van der Waals surface area contributed by atoms with Crippen LogP contribution in [-0.4, -0.2) is 20.7 Å². The van der Waals surface area contributed by atoms with Crippen LogP contribution in [0, 0.1) is 5.92 Å². The van der Waals surface area contributed by atoms with E-state index in [1.807, 2.05) is 0 Å². The molecule has 3 heteroatoms.